The molecule has 2 aromatic rings. The Morgan fingerprint density at radius 3 is 2.21 bits per heavy atom. The zero-order valence-electron chi connectivity index (χ0n) is 16.6. The van der Waals surface area contributed by atoms with Gasteiger partial charge in [0.15, 0.2) is 0 Å². The maximum atomic E-state index is 13.2. The summed E-state index contributed by atoms with van der Waals surface area (Å²) in [6, 6.07) is 9.56. The van der Waals surface area contributed by atoms with Gasteiger partial charge >= 0.3 is 12.5 Å². The van der Waals surface area contributed by atoms with Crippen molar-refractivity contribution >= 4 is 23.5 Å². The fourth-order valence-corrected chi connectivity index (χ4v) is 4.84. The molecule has 2 N–H and O–H groups in total. The fourth-order valence-electron chi connectivity index (χ4n) is 4.17. The topological polar surface area (TPSA) is 74.2 Å². The van der Waals surface area contributed by atoms with Gasteiger partial charge in [0.05, 0.1) is 28.3 Å². The minimum Gasteiger partial charge on any atom is -0.406 e. The third-order valence-electron chi connectivity index (χ3n) is 5.57. The Morgan fingerprint density at radius 1 is 1.03 bits per heavy atom. The van der Waals surface area contributed by atoms with Crippen LogP contribution in [-0.4, -0.2) is 17.8 Å². The van der Waals surface area contributed by atoms with E-state index in [0.29, 0.717) is 24.2 Å². The highest BCUT2D eigenvalue weighted by molar-refractivity contribution is 8.00. The van der Waals surface area contributed by atoms with Crippen LogP contribution in [0.3, 0.4) is 0 Å². The molecule has 5 rings (SSSR count). The number of amides is 1. The summed E-state index contributed by atoms with van der Waals surface area (Å²) < 4.78 is 82.9. The van der Waals surface area contributed by atoms with Gasteiger partial charge in [-0.05, 0) is 73.7 Å². The lowest BCUT2D eigenvalue weighted by Gasteiger charge is -2.66. The van der Waals surface area contributed by atoms with E-state index >= 15 is 0 Å². The number of carbonyl (C=O) groups is 1. The summed E-state index contributed by atoms with van der Waals surface area (Å²) in [4.78, 5) is 13.2. The molecule has 0 spiro atoms. The van der Waals surface area contributed by atoms with Gasteiger partial charge in [-0.25, -0.2) is 0 Å². The van der Waals surface area contributed by atoms with Crippen LogP contribution in [0.4, 0.5) is 32.0 Å². The molecule has 1 amide bonds. The fraction of sp³-hybridized carbons (Fsp3) is 0.333. The molecule has 0 radical (unpaired) electrons. The van der Waals surface area contributed by atoms with Gasteiger partial charge in [0, 0.05) is 10.4 Å². The minimum atomic E-state index is -4.85. The lowest BCUT2D eigenvalue weighted by Crippen LogP contribution is -2.74. The first-order chi connectivity index (χ1) is 15.3. The molecule has 2 aromatic carbocycles. The molecule has 3 saturated carbocycles. The average molecular weight is 487 g/mol. The number of rotatable bonds is 6. The Balaban J connectivity index is 1.49. The summed E-state index contributed by atoms with van der Waals surface area (Å²) in [5, 5.41) is 11.9. The lowest BCUT2D eigenvalue weighted by molar-refractivity contribution is -0.274. The Bertz CT molecular complexity index is 1110. The number of alkyl halides is 6. The molecule has 3 aliphatic rings. The van der Waals surface area contributed by atoms with Crippen molar-refractivity contribution in [3.05, 3.63) is 53.6 Å². The molecule has 174 valence electrons. The number of halogens is 6. The third-order valence-corrected chi connectivity index (χ3v) is 6.40. The number of benzene rings is 2. The maximum absolute atomic E-state index is 13.2. The third kappa shape index (κ3) is 4.83. The number of nitrogens with zero attached hydrogens (tertiary/aromatic N) is 1. The molecular weight excluding hydrogens is 472 g/mol. The molecule has 12 heteroatoms. The zero-order chi connectivity index (χ0) is 24.1. The number of hydrogen-bond acceptors (Lipinski definition) is 5. The molecule has 0 aliphatic heterocycles. The Labute approximate surface area is 188 Å². The van der Waals surface area contributed by atoms with Crippen molar-refractivity contribution in [3.63, 3.8) is 0 Å². The van der Waals surface area contributed by atoms with E-state index in [2.05, 4.69) is 20.8 Å². The summed E-state index contributed by atoms with van der Waals surface area (Å²) in [5.74, 6) is -1.02. The van der Waals surface area contributed by atoms with E-state index in [9.17, 15) is 31.1 Å². The number of hydrogen-bond donors (Lipinski definition) is 2. The second-order valence-electron chi connectivity index (χ2n) is 8.14. The van der Waals surface area contributed by atoms with Crippen LogP contribution < -0.4 is 14.8 Å². The normalized spacial score (nSPS) is 23.5. The van der Waals surface area contributed by atoms with Gasteiger partial charge < -0.3 is 14.8 Å². The van der Waals surface area contributed by atoms with Crippen molar-refractivity contribution in [2.24, 2.45) is 5.41 Å². The van der Waals surface area contributed by atoms with Gasteiger partial charge in [-0.15, -0.1) is 13.2 Å². The van der Waals surface area contributed by atoms with Crippen LogP contribution in [0.2, 0.25) is 0 Å². The van der Waals surface area contributed by atoms with Gasteiger partial charge in [0.2, 0.25) is 0 Å². The molecule has 0 saturated heterocycles. The van der Waals surface area contributed by atoms with Crippen molar-refractivity contribution in [1.29, 1.82) is 5.26 Å². The molecule has 0 atom stereocenters. The highest BCUT2D eigenvalue weighted by Crippen LogP contribution is 2.66. The molecule has 2 bridgehead atoms. The first kappa shape index (κ1) is 23.1. The summed E-state index contributed by atoms with van der Waals surface area (Å²) in [5.41, 5.74) is -2.02. The van der Waals surface area contributed by atoms with Gasteiger partial charge in [-0.2, -0.15) is 18.4 Å². The first-order valence-electron chi connectivity index (χ1n) is 9.56. The van der Waals surface area contributed by atoms with Crippen LogP contribution in [-0.2, 0) is 6.18 Å². The van der Waals surface area contributed by atoms with E-state index in [1.807, 2.05) is 0 Å². The van der Waals surface area contributed by atoms with Crippen molar-refractivity contribution in [2.45, 2.75) is 42.2 Å². The van der Waals surface area contributed by atoms with Crippen LogP contribution in [0.5, 0.6) is 5.75 Å². The van der Waals surface area contributed by atoms with Crippen LogP contribution in [0.15, 0.2) is 47.4 Å². The van der Waals surface area contributed by atoms with Gasteiger partial charge in [-0.1, -0.05) is 0 Å². The van der Waals surface area contributed by atoms with E-state index in [4.69, 9.17) is 5.26 Å². The summed E-state index contributed by atoms with van der Waals surface area (Å²) >= 11 is 0.824. The number of nitrogens with one attached hydrogen (secondary N) is 2. The molecule has 0 unspecified atom stereocenters. The zero-order valence-corrected chi connectivity index (χ0v) is 17.4. The van der Waals surface area contributed by atoms with E-state index in [-0.39, 0.29) is 11.3 Å². The highest BCUT2D eigenvalue weighted by atomic mass is 32.2. The predicted molar refractivity (Wildman–Crippen MR) is 106 cm³/mol. The van der Waals surface area contributed by atoms with Crippen LogP contribution in [0, 0.1) is 16.7 Å². The number of anilines is 1. The van der Waals surface area contributed by atoms with Crippen LogP contribution in [0.1, 0.15) is 35.2 Å². The maximum Gasteiger partial charge on any atom is 0.573 e. The second-order valence-corrected chi connectivity index (χ2v) is 9.02. The first-order valence-corrected chi connectivity index (χ1v) is 10.4. The van der Waals surface area contributed by atoms with E-state index in [1.54, 1.807) is 0 Å². The van der Waals surface area contributed by atoms with Crippen LogP contribution >= 0.6 is 11.9 Å². The van der Waals surface area contributed by atoms with Gasteiger partial charge in [0.25, 0.3) is 5.91 Å². The van der Waals surface area contributed by atoms with E-state index in [0.717, 1.165) is 42.3 Å². The SMILES string of the molecule is N#CC12CC(NC(=O)c3ccc(C(F)(F)F)cc3NSc3ccc(OC(F)(F)F)cc3)(C1)C2. The quantitative estimate of drug-likeness (QED) is 0.392. The van der Waals surface area contributed by atoms with Crippen LogP contribution in [0.25, 0.3) is 0 Å². The Morgan fingerprint density at radius 2 is 1.67 bits per heavy atom. The smallest absolute Gasteiger partial charge is 0.406 e. The molecular formula is C21H15F6N3O2S. The van der Waals surface area contributed by atoms with Crippen molar-refractivity contribution in [2.75, 3.05) is 4.72 Å². The standard InChI is InChI=1S/C21H15F6N3O2S/c22-20(23,24)12-1-6-15(17(31)29-19-8-18(9-19,10-19)11-28)16(7-12)30-33-14-4-2-13(3-5-14)32-21(25,26)27/h1-7,30H,8-10H2,(H,29,31). The van der Waals surface area contributed by atoms with Crippen molar-refractivity contribution < 1.29 is 35.9 Å². The number of ether oxygens (including phenoxy) is 1. The highest BCUT2D eigenvalue weighted by Gasteiger charge is 2.69. The average Bonchev–Trinajstić information content (AvgIpc) is 2.66. The summed E-state index contributed by atoms with van der Waals surface area (Å²) in [7, 11) is 0. The van der Waals surface area contributed by atoms with Crippen molar-refractivity contribution in [1.82, 2.24) is 5.32 Å². The molecule has 3 aliphatic carbocycles. The van der Waals surface area contributed by atoms with E-state index in [1.165, 1.54) is 12.1 Å². The predicted octanol–water partition coefficient (Wildman–Crippen LogP) is 5.90. The molecule has 0 heterocycles. The summed E-state index contributed by atoms with van der Waals surface area (Å²) in [6.45, 7) is 0. The molecule has 33 heavy (non-hydrogen) atoms. The lowest BCUT2D eigenvalue weighted by atomic mass is 9.40. The molecule has 5 nitrogen and oxygen atoms in total. The van der Waals surface area contributed by atoms with Gasteiger partial charge in [-0.3, -0.25) is 4.79 Å². The number of nitriles is 1. The van der Waals surface area contributed by atoms with E-state index < -0.39 is 40.7 Å². The summed E-state index contributed by atoms with van der Waals surface area (Å²) in [6.07, 6.45) is -7.97. The molecule has 0 aromatic heterocycles. The molecule has 3 fully saturated rings. The van der Waals surface area contributed by atoms with Crippen molar-refractivity contribution in [3.8, 4) is 11.8 Å². The van der Waals surface area contributed by atoms with Gasteiger partial charge in [0.1, 0.15) is 5.75 Å². The Kier molecular flexibility index (Phi) is 5.43. The minimum absolute atomic E-state index is 0.0248. The number of carbonyl (C=O) groups excluding carboxylic acids is 1. The second kappa shape index (κ2) is 7.76. The Hall–Kier alpha value is -3.07. The monoisotopic (exact) mass is 487 g/mol. The largest absolute Gasteiger partial charge is 0.573 e.